The quantitative estimate of drug-likeness (QED) is 0.806. The molecule has 4 heteroatoms. The number of benzene rings is 2. The van der Waals surface area contributed by atoms with Crippen LogP contribution in [0.15, 0.2) is 47.4 Å². The number of ether oxygens (including phenoxy) is 1. The minimum Gasteiger partial charge on any atom is -0.496 e. The van der Waals surface area contributed by atoms with Crippen LogP contribution in [-0.4, -0.2) is 19.9 Å². The van der Waals surface area contributed by atoms with Crippen LogP contribution in [0.4, 0.5) is 4.39 Å². The Morgan fingerprint density at radius 3 is 2.48 bits per heavy atom. The molecule has 1 atom stereocenters. The Labute approximate surface area is 129 Å². The fraction of sp³-hybridized carbons (Fsp3) is 0.294. The number of rotatable bonds is 6. The average Bonchev–Trinajstić information content (AvgIpc) is 2.53. The minimum atomic E-state index is -0.255. The van der Waals surface area contributed by atoms with Crippen LogP contribution >= 0.6 is 11.8 Å². The Morgan fingerprint density at radius 1 is 1.19 bits per heavy atom. The van der Waals surface area contributed by atoms with Crippen LogP contribution in [0.3, 0.4) is 0 Å². The van der Waals surface area contributed by atoms with Crippen molar-refractivity contribution in [1.29, 1.82) is 0 Å². The smallest absolute Gasteiger partial charge is 0.124 e. The van der Waals surface area contributed by atoms with Gasteiger partial charge in [-0.3, -0.25) is 0 Å². The van der Waals surface area contributed by atoms with Gasteiger partial charge in [-0.15, -0.1) is 11.8 Å². The fourth-order valence-corrected chi connectivity index (χ4v) is 2.75. The molecule has 0 radical (unpaired) electrons. The van der Waals surface area contributed by atoms with Crippen molar-refractivity contribution in [2.45, 2.75) is 17.9 Å². The predicted molar refractivity (Wildman–Crippen MR) is 86.7 cm³/mol. The summed E-state index contributed by atoms with van der Waals surface area (Å²) in [6.07, 6.45) is 2.05. The van der Waals surface area contributed by atoms with Crippen molar-refractivity contribution in [3.8, 4) is 5.75 Å². The highest BCUT2D eigenvalue weighted by atomic mass is 32.2. The highest BCUT2D eigenvalue weighted by molar-refractivity contribution is 7.98. The van der Waals surface area contributed by atoms with E-state index in [0.29, 0.717) is 5.75 Å². The minimum absolute atomic E-state index is 0.0865. The van der Waals surface area contributed by atoms with E-state index in [-0.39, 0.29) is 11.9 Å². The zero-order chi connectivity index (χ0) is 15.2. The molecule has 0 saturated carbocycles. The lowest BCUT2D eigenvalue weighted by Gasteiger charge is -2.21. The predicted octanol–water partition coefficient (Wildman–Crippen LogP) is 4.26. The lowest BCUT2D eigenvalue weighted by Crippen LogP contribution is -2.22. The zero-order valence-corrected chi connectivity index (χ0v) is 13.3. The third kappa shape index (κ3) is 3.77. The molecular formula is C17H20FNOS. The van der Waals surface area contributed by atoms with Crippen LogP contribution in [0.5, 0.6) is 5.75 Å². The number of halogens is 1. The van der Waals surface area contributed by atoms with Crippen molar-refractivity contribution >= 4 is 11.8 Å². The van der Waals surface area contributed by atoms with Crippen LogP contribution in [0.1, 0.15) is 24.1 Å². The average molecular weight is 305 g/mol. The van der Waals surface area contributed by atoms with Gasteiger partial charge in [-0.2, -0.15) is 0 Å². The van der Waals surface area contributed by atoms with Crippen LogP contribution < -0.4 is 10.1 Å². The lowest BCUT2D eigenvalue weighted by molar-refractivity contribution is 0.402. The van der Waals surface area contributed by atoms with Crippen molar-refractivity contribution < 1.29 is 9.13 Å². The van der Waals surface area contributed by atoms with Gasteiger partial charge < -0.3 is 10.1 Å². The maximum atomic E-state index is 13.6. The summed E-state index contributed by atoms with van der Waals surface area (Å²) in [6.45, 7) is 2.82. The van der Waals surface area contributed by atoms with Gasteiger partial charge in [-0.1, -0.05) is 19.1 Å². The molecule has 0 heterocycles. The molecule has 2 aromatic carbocycles. The molecule has 0 bridgehead atoms. The van der Waals surface area contributed by atoms with Gasteiger partial charge in [0, 0.05) is 10.5 Å². The summed E-state index contributed by atoms with van der Waals surface area (Å²) in [5.74, 6) is 0.436. The molecule has 21 heavy (non-hydrogen) atoms. The van der Waals surface area contributed by atoms with Crippen molar-refractivity contribution in [2.24, 2.45) is 0 Å². The highest BCUT2D eigenvalue weighted by Crippen LogP contribution is 2.31. The topological polar surface area (TPSA) is 21.3 Å². The number of hydrogen-bond donors (Lipinski definition) is 1. The summed E-state index contributed by atoms with van der Waals surface area (Å²) in [7, 11) is 1.61. The summed E-state index contributed by atoms with van der Waals surface area (Å²) >= 11 is 1.70. The highest BCUT2D eigenvalue weighted by Gasteiger charge is 2.18. The molecule has 0 saturated heterocycles. The molecule has 112 valence electrons. The van der Waals surface area contributed by atoms with E-state index in [9.17, 15) is 4.39 Å². The van der Waals surface area contributed by atoms with Crippen molar-refractivity contribution in [3.63, 3.8) is 0 Å². The van der Waals surface area contributed by atoms with E-state index >= 15 is 0 Å². The first kappa shape index (κ1) is 15.9. The molecule has 2 rings (SSSR count). The first-order chi connectivity index (χ1) is 10.2. The van der Waals surface area contributed by atoms with Crippen LogP contribution in [0.25, 0.3) is 0 Å². The monoisotopic (exact) mass is 305 g/mol. The van der Waals surface area contributed by atoms with E-state index < -0.39 is 0 Å². The maximum Gasteiger partial charge on any atom is 0.124 e. The molecule has 1 N–H and O–H groups in total. The Kier molecular flexibility index (Phi) is 5.65. The van der Waals surface area contributed by atoms with E-state index in [2.05, 4.69) is 29.6 Å². The number of nitrogens with one attached hydrogen (secondary N) is 1. The van der Waals surface area contributed by atoms with Crippen molar-refractivity contribution in [2.75, 3.05) is 19.9 Å². The van der Waals surface area contributed by atoms with E-state index in [4.69, 9.17) is 4.74 Å². The van der Waals surface area contributed by atoms with Crippen LogP contribution in [0.2, 0.25) is 0 Å². The molecule has 1 unspecified atom stereocenters. The molecule has 0 amide bonds. The molecule has 0 aliphatic heterocycles. The van der Waals surface area contributed by atoms with Gasteiger partial charge in [0.2, 0.25) is 0 Å². The van der Waals surface area contributed by atoms with Crippen LogP contribution in [0, 0.1) is 5.82 Å². The van der Waals surface area contributed by atoms with Gasteiger partial charge in [0.15, 0.2) is 0 Å². The summed E-state index contributed by atoms with van der Waals surface area (Å²) in [5, 5.41) is 3.40. The Bertz CT molecular complexity index is 586. The Hall–Kier alpha value is -1.52. The van der Waals surface area contributed by atoms with Gasteiger partial charge >= 0.3 is 0 Å². The van der Waals surface area contributed by atoms with Gasteiger partial charge in [0.1, 0.15) is 11.6 Å². The van der Waals surface area contributed by atoms with E-state index in [1.54, 1.807) is 24.9 Å². The number of methoxy groups -OCH3 is 1. The molecule has 0 fully saturated rings. The standard InChI is InChI=1S/C17H20FNOS/c1-4-19-17(12-5-8-14(21-3)9-6-12)15-11-13(18)7-10-16(15)20-2/h5-11,17,19H,4H2,1-3H3. The number of thioether (sulfide) groups is 1. The largest absolute Gasteiger partial charge is 0.496 e. The third-order valence-electron chi connectivity index (χ3n) is 3.36. The molecular weight excluding hydrogens is 285 g/mol. The van der Waals surface area contributed by atoms with Gasteiger partial charge in [0.05, 0.1) is 13.2 Å². The van der Waals surface area contributed by atoms with E-state index in [1.807, 2.05) is 13.2 Å². The lowest BCUT2D eigenvalue weighted by atomic mass is 9.97. The second-order valence-electron chi connectivity index (χ2n) is 4.65. The van der Waals surface area contributed by atoms with E-state index in [1.165, 1.54) is 17.0 Å². The molecule has 0 aromatic heterocycles. The van der Waals surface area contributed by atoms with Gasteiger partial charge in [-0.05, 0) is 48.7 Å². The Balaban J connectivity index is 2.44. The summed E-state index contributed by atoms with van der Waals surface area (Å²) in [5.41, 5.74) is 1.91. The van der Waals surface area contributed by atoms with Crippen molar-refractivity contribution in [3.05, 3.63) is 59.4 Å². The second kappa shape index (κ2) is 7.48. The first-order valence-electron chi connectivity index (χ1n) is 6.90. The summed E-state index contributed by atoms with van der Waals surface area (Å²) < 4.78 is 19.0. The maximum absolute atomic E-state index is 13.6. The first-order valence-corrected chi connectivity index (χ1v) is 8.12. The van der Waals surface area contributed by atoms with E-state index in [0.717, 1.165) is 17.7 Å². The van der Waals surface area contributed by atoms with Crippen molar-refractivity contribution in [1.82, 2.24) is 5.32 Å². The summed E-state index contributed by atoms with van der Waals surface area (Å²) in [4.78, 5) is 1.21. The number of hydrogen-bond acceptors (Lipinski definition) is 3. The molecule has 2 nitrogen and oxygen atoms in total. The third-order valence-corrected chi connectivity index (χ3v) is 4.10. The fourth-order valence-electron chi connectivity index (χ4n) is 2.34. The molecule has 0 spiro atoms. The zero-order valence-electron chi connectivity index (χ0n) is 12.5. The van der Waals surface area contributed by atoms with Gasteiger partial charge in [0.25, 0.3) is 0 Å². The second-order valence-corrected chi connectivity index (χ2v) is 5.53. The molecule has 0 aliphatic carbocycles. The summed E-state index contributed by atoms with van der Waals surface area (Å²) in [6, 6.07) is 12.8. The molecule has 0 aliphatic rings. The van der Waals surface area contributed by atoms with Crippen LogP contribution in [-0.2, 0) is 0 Å². The van der Waals surface area contributed by atoms with Gasteiger partial charge in [-0.25, -0.2) is 4.39 Å². The Morgan fingerprint density at radius 2 is 1.90 bits per heavy atom. The molecule has 2 aromatic rings. The normalized spacial score (nSPS) is 12.2. The SMILES string of the molecule is CCNC(c1ccc(SC)cc1)c1cc(F)ccc1OC.